The molecule has 0 unspecified atom stereocenters. The first-order valence-electron chi connectivity index (χ1n) is 8.12. The minimum absolute atomic E-state index is 0.108. The fourth-order valence-electron chi connectivity index (χ4n) is 2.85. The van der Waals surface area contributed by atoms with Gasteiger partial charge in [0.15, 0.2) is 0 Å². The van der Waals surface area contributed by atoms with Crippen molar-refractivity contribution in [2.45, 2.75) is 57.8 Å². The molecule has 1 N–H and O–H groups in total. The summed E-state index contributed by atoms with van der Waals surface area (Å²) in [6.07, 6.45) is 5.62. The second kappa shape index (κ2) is 7.49. The molecule has 1 aliphatic rings. The third-order valence-corrected chi connectivity index (χ3v) is 6.65. The first kappa shape index (κ1) is 18.7. The summed E-state index contributed by atoms with van der Waals surface area (Å²) in [4.78, 5) is 0.331. The fourth-order valence-corrected chi connectivity index (χ4v) is 4.71. The Labute approximate surface area is 148 Å². The molecule has 5 heteroatoms. The van der Waals surface area contributed by atoms with Gasteiger partial charge in [-0.25, -0.2) is 13.1 Å². The third-order valence-electron chi connectivity index (χ3n) is 4.27. The lowest BCUT2D eigenvalue weighted by Gasteiger charge is -2.28. The van der Waals surface area contributed by atoms with Gasteiger partial charge in [0.25, 0.3) is 0 Å². The molecule has 23 heavy (non-hydrogen) atoms. The summed E-state index contributed by atoms with van der Waals surface area (Å²) in [6.45, 7) is 6.62. The van der Waals surface area contributed by atoms with Gasteiger partial charge in [-0.05, 0) is 61.1 Å². The van der Waals surface area contributed by atoms with Crippen LogP contribution >= 0.6 is 15.9 Å². The van der Waals surface area contributed by atoms with Gasteiger partial charge in [0.2, 0.25) is 10.0 Å². The van der Waals surface area contributed by atoms with E-state index >= 15 is 0 Å². The highest BCUT2D eigenvalue weighted by Crippen LogP contribution is 2.36. The van der Waals surface area contributed by atoms with Crippen molar-refractivity contribution in [3.8, 4) is 0 Å². The van der Waals surface area contributed by atoms with Gasteiger partial charge in [0.05, 0.1) is 4.90 Å². The summed E-state index contributed by atoms with van der Waals surface area (Å²) in [7, 11) is -3.44. The van der Waals surface area contributed by atoms with E-state index in [-0.39, 0.29) is 5.41 Å². The van der Waals surface area contributed by atoms with Crippen LogP contribution in [-0.2, 0) is 10.0 Å². The lowest BCUT2D eigenvalue weighted by atomic mass is 9.82. The van der Waals surface area contributed by atoms with Crippen molar-refractivity contribution in [1.82, 2.24) is 4.72 Å². The third kappa shape index (κ3) is 5.44. The Morgan fingerprint density at radius 3 is 2.35 bits per heavy atom. The molecular formula is C18H26BrNO2S. The van der Waals surface area contributed by atoms with Crippen LogP contribution in [0.25, 0.3) is 0 Å². The molecular weight excluding hydrogens is 374 g/mol. The Kier molecular flexibility index (Phi) is 6.09. The molecule has 0 fully saturated rings. The van der Waals surface area contributed by atoms with E-state index < -0.39 is 10.0 Å². The fraction of sp³-hybridized carbons (Fsp3) is 0.556. The predicted octanol–water partition coefficient (Wildman–Crippen LogP) is 4.91. The molecule has 0 saturated heterocycles. The first-order valence-corrected chi connectivity index (χ1v) is 10.4. The Bertz CT molecular complexity index is 675. The number of allylic oxidation sites excluding steroid dienone is 2. The summed E-state index contributed by atoms with van der Waals surface area (Å²) in [5, 5.41) is 0. The van der Waals surface area contributed by atoms with Crippen molar-refractivity contribution in [2.24, 2.45) is 5.41 Å². The van der Waals surface area contributed by atoms with E-state index in [1.54, 1.807) is 12.1 Å². The summed E-state index contributed by atoms with van der Waals surface area (Å²) >= 11 is 3.68. The molecule has 0 atom stereocenters. The molecule has 0 amide bonds. The normalized spacial score (nSPS) is 16.7. The maximum Gasteiger partial charge on any atom is 0.240 e. The molecule has 0 radical (unpaired) electrons. The standard InChI is InChI=1S/C18H26BrNO2S/c1-14-8-10-16(11-9-14)23(21,22)20-13-18(2,3)12-15-6-4-5-7-17(15)19/h8-11,20H,4-7,12-13H2,1-3H3. The summed E-state index contributed by atoms with van der Waals surface area (Å²) in [5.74, 6) is 0. The van der Waals surface area contributed by atoms with Crippen molar-refractivity contribution in [3.05, 3.63) is 39.9 Å². The van der Waals surface area contributed by atoms with E-state index in [1.165, 1.54) is 22.9 Å². The highest BCUT2D eigenvalue weighted by molar-refractivity contribution is 9.11. The van der Waals surface area contributed by atoms with Gasteiger partial charge in [-0.1, -0.05) is 53.0 Å². The SMILES string of the molecule is Cc1ccc(S(=O)(=O)NCC(C)(C)CC2=C(Br)CCCC2)cc1. The predicted molar refractivity (Wildman–Crippen MR) is 99.2 cm³/mol. The maximum atomic E-state index is 12.4. The number of hydrogen-bond acceptors (Lipinski definition) is 2. The van der Waals surface area contributed by atoms with Crippen molar-refractivity contribution in [2.75, 3.05) is 6.54 Å². The van der Waals surface area contributed by atoms with Crippen LogP contribution in [0.1, 0.15) is 51.5 Å². The molecule has 1 aliphatic carbocycles. The molecule has 1 aromatic rings. The average molecular weight is 400 g/mol. The molecule has 3 nitrogen and oxygen atoms in total. The van der Waals surface area contributed by atoms with Crippen LogP contribution in [-0.4, -0.2) is 15.0 Å². The van der Waals surface area contributed by atoms with Crippen LogP contribution in [0.15, 0.2) is 39.2 Å². The van der Waals surface area contributed by atoms with Crippen LogP contribution < -0.4 is 4.72 Å². The van der Waals surface area contributed by atoms with Gasteiger partial charge in [-0.3, -0.25) is 0 Å². The van der Waals surface area contributed by atoms with Crippen molar-refractivity contribution < 1.29 is 8.42 Å². The molecule has 0 heterocycles. The maximum absolute atomic E-state index is 12.4. The van der Waals surface area contributed by atoms with Gasteiger partial charge in [0.1, 0.15) is 0 Å². The Morgan fingerprint density at radius 2 is 1.74 bits per heavy atom. The number of benzene rings is 1. The highest BCUT2D eigenvalue weighted by atomic mass is 79.9. The van der Waals surface area contributed by atoms with Crippen LogP contribution in [0.2, 0.25) is 0 Å². The van der Waals surface area contributed by atoms with Crippen LogP contribution in [0.4, 0.5) is 0 Å². The lowest BCUT2D eigenvalue weighted by molar-refractivity contribution is 0.352. The van der Waals surface area contributed by atoms with E-state index in [9.17, 15) is 8.42 Å². The number of sulfonamides is 1. The highest BCUT2D eigenvalue weighted by Gasteiger charge is 2.25. The smallest absolute Gasteiger partial charge is 0.211 e. The topological polar surface area (TPSA) is 46.2 Å². The molecule has 0 saturated carbocycles. The number of aryl methyl sites for hydroxylation is 1. The summed E-state index contributed by atoms with van der Waals surface area (Å²) < 4.78 is 28.9. The van der Waals surface area contributed by atoms with Crippen LogP contribution in [0, 0.1) is 12.3 Å². The van der Waals surface area contributed by atoms with E-state index in [0.717, 1.165) is 24.8 Å². The largest absolute Gasteiger partial charge is 0.240 e. The molecule has 0 spiro atoms. The minimum atomic E-state index is -3.44. The Hall–Kier alpha value is -0.650. The number of nitrogens with one attached hydrogen (secondary N) is 1. The molecule has 0 aromatic heterocycles. The quantitative estimate of drug-likeness (QED) is 0.737. The molecule has 128 valence electrons. The van der Waals surface area contributed by atoms with E-state index in [1.807, 2.05) is 19.1 Å². The average Bonchev–Trinajstić information content (AvgIpc) is 2.48. The second-order valence-corrected chi connectivity index (χ2v) is 9.92. The van der Waals surface area contributed by atoms with E-state index in [2.05, 4.69) is 34.5 Å². The second-order valence-electron chi connectivity index (χ2n) is 7.19. The molecule has 0 bridgehead atoms. The van der Waals surface area contributed by atoms with Crippen molar-refractivity contribution in [3.63, 3.8) is 0 Å². The minimum Gasteiger partial charge on any atom is -0.211 e. The summed E-state index contributed by atoms with van der Waals surface area (Å²) in [5.41, 5.74) is 2.39. The summed E-state index contributed by atoms with van der Waals surface area (Å²) in [6, 6.07) is 6.96. The van der Waals surface area contributed by atoms with Crippen LogP contribution in [0.5, 0.6) is 0 Å². The van der Waals surface area contributed by atoms with E-state index in [0.29, 0.717) is 11.4 Å². The van der Waals surface area contributed by atoms with Crippen molar-refractivity contribution >= 4 is 26.0 Å². The van der Waals surface area contributed by atoms with Crippen molar-refractivity contribution in [1.29, 1.82) is 0 Å². The monoisotopic (exact) mass is 399 g/mol. The zero-order chi connectivity index (χ0) is 17.1. The molecule has 1 aromatic carbocycles. The van der Waals surface area contributed by atoms with Gasteiger partial charge >= 0.3 is 0 Å². The first-order chi connectivity index (χ1) is 10.7. The van der Waals surface area contributed by atoms with Gasteiger partial charge in [-0.15, -0.1) is 0 Å². The lowest BCUT2D eigenvalue weighted by Crippen LogP contribution is -2.34. The molecule has 0 aliphatic heterocycles. The number of rotatable bonds is 6. The Morgan fingerprint density at radius 1 is 1.13 bits per heavy atom. The van der Waals surface area contributed by atoms with E-state index in [4.69, 9.17) is 0 Å². The number of hydrogen-bond donors (Lipinski definition) is 1. The van der Waals surface area contributed by atoms with Gasteiger partial charge < -0.3 is 0 Å². The Balaban J connectivity index is 2.02. The van der Waals surface area contributed by atoms with Gasteiger partial charge in [-0.2, -0.15) is 0 Å². The zero-order valence-electron chi connectivity index (χ0n) is 14.2. The van der Waals surface area contributed by atoms with Gasteiger partial charge in [0, 0.05) is 6.54 Å². The van der Waals surface area contributed by atoms with Crippen LogP contribution in [0.3, 0.4) is 0 Å². The number of halogens is 1. The zero-order valence-corrected chi connectivity index (χ0v) is 16.6. The molecule has 2 rings (SSSR count).